The van der Waals surface area contributed by atoms with Gasteiger partial charge >= 0.3 is 0 Å². The van der Waals surface area contributed by atoms with Crippen molar-refractivity contribution in [2.45, 2.75) is 31.7 Å². The van der Waals surface area contributed by atoms with E-state index in [0.29, 0.717) is 4.96 Å². The van der Waals surface area contributed by atoms with Gasteiger partial charge in [0.05, 0.1) is 6.04 Å². The zero-order chi connectivity index (χ0) is 15.6. The van der Waals surface area contributed by atoms with Gasteiger partial charge in [-0.1, -0.05) is 60.9 Å². The van der Waals surface area contributed by atoms with E-state index in [1.54, 1.807) is 0 Å². The Kier molecular flexibility index (Phi) is 3.83. The number of fused-ring (bicyclic) bond motifs is 1. The number of nitrogens with zero attached hydrogens (tertiary/aromatic N) is 3. The molecule has 0 radical (unpaired) electrons. The van der Waals surface area contributed by atoms with E-state index in [1.807, 2.05) is 6.07 Å². The van der Waals surface area contributed by atoms with Crippen molar-refractivity contribution in [2.24, 2.45) is 5.92 Å². The molecule has 23 heavy (non-hydrogen) atoms. The van der Waals surface area contributed by atoms with Crippen LogP contribution in [0.3, 0.4) is 0 Å². The normalized spacial score (nSPS) is 16.2. The Morgan fingerprint density at radius 1 is 1.26 bits per heavy atom. The van der Waals surface area contributed by atoms with Crippen molar-refractivity contribution in [3.8, 4) is 0 Å². The summed E-state index contributed by atoms with van der Waals surface area (Å²) in [7, 11) is 0. The second-order valence-electron chi connectivity index (χ2n) is 6.02. The third-order valence-electron chi connectivity index (χ3n) is 4.46. The molecule has 1 aliphatic rings. The molecule has 0 aliphatic heterocycles. The molecule has 2 heterocycles. The van der Waals surface area contributed by atoms with Crippen LogP contribution in [0, 0.1) is 5.92 Å². The fourth-order valence-corrected chi connectivity index (χ4v) is 3.80. The highest BCUT2D eigenvalue weighted by Crippen LogP contribution is 2.36. The van der Waals surface area contributed by atoms with Gasteiger partial charge < -0.3 is 5.32 Å². The van der Waals surface area contributed by atoms with Crippen molar-refractivity contribution >= 4 is 21.4 Å². The molecule has 1 aromatic carbocycles. The summed E-state index contributed by atoms with van der Waals surface area (Å²) in [6.45, 7) is 0. The highest BCUT2D eigenvalue weighted by atomic mass is 32.1. The Bertz CT molecular complexity index is 854. The molecular formula is C17H18N4OS. The molecule has 1 atom stereocenters. The molecule has 0 spiro atoms. The van der Waals surface area contributed by atoms with Gasteiger partial charge in [0.25, 0.3) is 5.56 Å². The minimum Gasteiger partial charge on any atom is -0.353 e. The van der Waals surface area contributed by atoms with Crippen LogP contribution in [0.25, 0.3) is 4.96 Å². The number of rotatable bonds is 5. The second kappa shape index (κ2) is 6.12. The van der Waals surface area contributed by atoms with Crippen molar-refractivity contribution in [3.63, 3.8) is 0 Å². The standard InChI is InChI=1S/C17H18N4OS/c22-15-9-10-18-17-21(15)20-16(23-17)19-14(11-12-5-4-6-12)13-7-2-1-3-8-13/h1-3,7-10,12,14H,4-6,11H2,(H,19,20). The van der Waals surface area contributed by atoms with E-state index in [2.05, 4.69) is 39.7 Å². The van der Waals surface area contributed by atoms with E-state index in [9.17, 15) is 4.79 Å². The Hall–Kier alpha value is -2.21. The van der Waals surface area contributed by atoms with Gasteiger partial charge in [-0.15, -0.1) is 5.10 Å². The van der Waals surface area contributed by atoms with Crippen molar-refractivity contribution in [1.82, 2.24) is 14.6 Å². The Labute approximate surface area is 138 Å². The smallest absolute Gasteiger partial charge is 0.275 e. The molecule has 1 saturated carbocycles. The summed E-state index contributed by atoms with van der Waals surface area (Å²) in [4.78, 5) is 16.7. The average molecular weight is 326 g/mol. The SMILES string of the molecule is O=c1ccnc2sc(NC(CC3CCC3)c3ccccc3)nn12. The number of aromatic nitrogens is 3. The first-order chi connectivity index (χ1) is 11.3. The summed E-state index contributed by atoms with van der Waals surface area (Å²) in [6.07, 6.45) is 6.59. The second-order valence-corrected chi connectivity index (χ2v) is 6.98. The first-order valence-electron chi connectivity index (χ1n) is 7.96. The first-order valence-corrected chi connectivity index (χ1v) is 8.77. The zero-order valence-corrected chi connectivity index (χ0v) is 13.5. The lowest BCUT2D eigenvalue weighted by Gasteiger charge is -2.30. The molecule has 118 valence electrons. The maximum Gasteiger partial charge on any atom is 0.275 e. The molecule has 1 aliphatic carbocycles. The Morgan fingerprint density at radius 2 is 2.09 bits per heavy atom. The minimum absolute atomic E-state index is 0.144. The largest absolute Gasteiger partial charge is 0.353 e. The van der Waals surface area contributed by atoms with Crippen LogP contribution in [0.4, 0.5) is 5.13 Å². The zero-order valence-electron chi connectivity index (χ0n) is 12.7. The summed E-state index contributed by atoms with van der Waals surface area (Å²) < 4.78 is 1.36. The van der Waals surface area contributed by atoms with Crippen molar-refractivity contribution in [2.75, 3.05) is 5.32 Å². The van der Waals surface area contributed by atoms with E-state index in [4.69, 9.17) is 0 Å². The van der Waals surface area contributed by atoms with Crippen LogP contribution >= 0.6 is 11.3 Å². The lowest BCUT2D eigenvalue weighted by atomic mass is 9.79. The van der Waals surface area contributed by atoms with E-state index in [-0.39, 0.29) is 11.6 Å². The first kappa shape index (κ1) is 14.4. The quantitative estimate of drug-likeness (QED) is 0.779. The van der Waals surface area contributed by atoms with Gasteiger partial charge in [0.2, 0.25) is 10.1 Å². The third-order valence-corrected chi connectivity index (χ3v) is 5.32. The van der Waals surface area contributed by atoms with Gasteiger partial charge in [-0.25, -0.2) is 4.98 Å². The topological polar surface area (TPSA) is 59.3 Å². The van der Waals surface area contributed by atoms with Crippen LogP contribution in [0.1, 0.15) is 37.3 Å². The highest BCUT2D eigenvalue weighted by Gasteiger charge is 2.24. The predicted octanol–water partition coefficient (Wildman–Crippen LogP) is 3.49. The number of hydrogen-bond donors (Lipinski definition) is 1. The van der Waals surface area contributed by atoms with Crippen LogP contribution in [-0.4, -0.2) is 14.6 Å². The van der Waals surface area contributed by atoms with Crippen molar-refractivity contribution < 1.29 is 0 Å². The van der Waals surface area contributed by atoms with Gasteiger partial charge in [-0.05, 0) is 17.9 Å². The number of nitrogens with one attached hydrogen (secondary N) is 1. The van der Waals surface area contributed by atoms with Crippen molar-refractivity contribution in [1.29, 1.82) is 0 Å². The van der Waals surface area contributed by atoms with Gasteiger partial charge in [-0.3, -0.25) is 4.79 Å². The maximum atomic E-state index is 11.8. The molecule has 2 aromatic heterocycles. The van der Waals surface area contributed by atoms with Crippen LogP contribution in [0.15, 0.2) is 47.4 Å². The molecule has 1 N–H and O–H groups in total. The summed E-state index contributed by atoms with van der Waals surface area (Å²) in [5.41, 5.74) is 1.12. The van der Waals surface area contributed by atoms with Gasteiger partial charge in [-0.2, -0.15) is 4.52 Å². The lowest BCUT2D eigenvalue weighted by molar-refractivity contribution is 0.282. The predicted molar refractivity (Wildman–Crippen MR) is 91.9 cm³/mol. The molecule has 0 amide bonds. The summed E-state index contributed by atoms with van der Waals surface area (Å²) in [6, 6.07) is 12.1. The molecule has 1 fully saturated rings. The molecule has 3 aromatic rings. The van der Waals surface area contributed by atoms with Gasteiger partial charge in [0.15, 0.2) is 0 Å². The monoisotopic (exact) mass is 326 g/mol. The van der Waals surface area contributed by atoms with Crippen LogP contribution < -0.4 is 10.9 Å². The summed E-state index contributed by atoms with van der Waals surface area (Å²) >= 11 is 1.42. The van der Waals surface area contributed by atoms with Crippen LogP contribution in [-0.2, 0) is 0 Å². The number of benzene rings is 1. The van der Waals surface area contributed by atoms with Crippen LogP contribution in [0.5, 0.6) is 0 Å². The minimum atomic E-state index is -0.144. The van der Waals surface area contributed by atoms with Gasteiger partial charge in [0.1, 0.15) is 0 Å². The molecule has 5 nitrogen and oxygen atoms in total. The highest BCUT2D eigenvalue weighted by molar-refractivity contribution is 7.20. The van der Waals surface area contributed by atoms with Gasteiger partial charge in [0, 0.05) is 12.3 Å². The summed E-state index contributed by atoms with van der Waals surface area (Å²) in [5, 5.41) is 8.64. The van der Waals surface area contributed by atoms with E-state index < -0.39 is 0 Å². The molecule has 0 saturated heterocycles. The average Bonchev–Trinajstić information content (AvgIpc) is 2.94. The van der Waals surface area contributed by atoms with Crippen molar-refractivity contribution in [3.05, 3.63) is 58.5 Å². The summed E-state index contributed by atoms with van der Waals surface area (Å²) in [5.74, 6) is 0.780. The van der Waals surface area contributed by atoms with E-state index >= 15 is 0 Å². The molecule has 0 bridgehead atoms. The maximum absolute atomic E-state index is 11.8. The third kappa shape index (κ3) is 2.99. The molecule has 4 rings (SSSR count). The lowest BCUT2D eigenvalue weighted by Crippen LogP contribution is -2.20. The Balaban J connectivity index is 1.62. The molecular weight excluding hydrogens is 308 g/mol. The fourth-order valence-electron chi connectivity index (χ4n) is 2.98. The van der Waals surface area contributed by atoms with E-state index in [1.165, 1.54) is 52.9 Å². The number of anilines is 1. The Morgan fingerprint density at radius 3 is 2.78 bits per heavy atom. The van der Waals surface area contributed by atoms with E-state index in [0.717, 1.165) is 17.5 Å². The van der Waals surface area contributed by atoms with Crippen LogP contribution in [0.2, 0.25) is 0 Å². The fraction of sp³-hybridized carbons (Fsp3) is 0.353. The molecule has 1 unspecified atom stereocenters. The number of hydrogen-bond acceptors (Lipinski definition) is 5. The molecule has 6 heteroatoms.